The molecule has 0 N–H and O–H groups in total. The Bertz CT molecular complexity index is 252. The summed E-state index contributed by atoms with van der Waals surface area (Å²) in [6.07, 6.45) is 11.2. The second kappa shape index (κ2) is 10.4. The number of hydrogen-bond acceptors (Lipinski definition) is 1. The van der Waals surface area contributed by atoms with Crippen LogP contribution in [0.15, 0.2) is 0 Å². The number of hydrogen-bond donors (Lipinski definition) is 0. The van der Waals surface area contributed by atoms with E-state index in [2.05, 4.69) is 34.6 Å². The lowest BCUT2D eigenvalue weighted by Gasteiger charge is -2.25. The Morgan fingerprint density at radius 2 is 1.45 bits per heavy atom. The first-order chi connectivity index (χ1) is 9.23. The van der Waals surface area contributed by atoms with E-state index in [0.717, 1.165) is 24.7 Å². The summed E-state index contributed by atoms with van der Waals surface area (Å²) in [5.41, 5.74) is 0.410. The van der Waals surface area contributed by atoms with Crippen LogP contribution in [0.3, 0.4) is 0 Å². The van der Waals surface area contributed by atoms with Crippen LogP contribution in [0.2, 0.25) is 0 Å². The predicted octanol–water partition coefficient (Wildman–Crippen LogP) is 6.40. The smallest absolute Gasteiger partial charge is 0.129 e. The van der Waals surface area contributed by atoms with Gasteiger partial charge in [-0.1, -0.05) is 66.7 Å². The molecule has 0 aromatic rings. The van der Waals surface area contributed by atoms with Crippen LogP contribution in [0.4, 0.5) is 0 Å². The van der Waals surface area contributed by atoms with Gasteiger partial charge in [-0.2, -0.15) is 0 Å². The van der Waals surface area contributed by atoms with E-state index in [0.29, 0.717) is 11.2 Å². The molecule has 0 bridgehead atoms. The van der Waals surface area contributed by atoms with Crippen molar-refractivity contribution in [3.8, 4) is 0 Å². The summed E-state index contributed by atoms with van der Waals surface area (Å²) in [7, 11) is 0. The van der Waals surface area contributed by atoms with Gasteiger partial charge in [0, 0.05) is 6.42 Å². The van der Waals surface area contributed by atoms with Crippen molar-refractivity contribution < 1.29 is 4.79 Å². The molecule has 0 aromatic heterocycles. The molecule has 0 fully saturated rings. The molecule has 0 saturated heterocycles. The van der Waals surface area contributed by atoms with Crippen molar-refractivity contribution in [2.24, 2.45) is 17.3 Å². The quantitative estimate of drug-likeness (QED) is 0.404. The van der Waals surface area contributed by atoms with E-state index in [1.54, 1.807) is 6.92 Å². The number of carbonyl (C=O) groups excluding carboxylic acids is 1. The lowest BCUT2D eigenvalue weighted by Crippen LogP contribution is -2.12. The first-order valence-electron chi connectivity index (χ1n) is 8.72. The molecule has 0 aromatic carbocycles. The first-order valence-corrected chi connectivity index (χ1v) is 8.72. The zero-order valence-corrected chi connectivity index (χ0v) is 14.9. The predicted molar refractivity (Wildman–Crippen MR) is 90.0 cm³/mol. The summed E-state index contributed by atoms with van der Waals surface area (Å²) in [6.45, 7) is 13.4. The Morgan fingerprint density at radius 3 is 2.00 bits per heavy atom. The van der Waals surface area contributed by atoms with Crippen molar-refractivity contribution in [1.29, 1.82) is 0 Å². The minimum Gasteiger partial charge on any atom is -0.300 e. The van der Waals surface area contributed by atoms with Crippen molar-refractivity contribution in [2.75, 3.05) is 0 Å². The van der Waals surface area contributed by atoms with Crippen LogP contribution in [0.25, 0.3) is 0 Å². The molecule has 1 nitrogen and oxygen atoms in total. The highest BCUT2D eigenvalue weighted by atomic mass is 16.1. The fraction of sp³-hybridized carbons (Fsp3) is 0.947. The van der Waals surface area contributed by atoms with Gasteiger partial charge >= 0.3 is 0 Å². The van der Waals surface area contributed by atoms with Gasteiger partial charge in [0.25, 0.3) is 0 Å². The molecular formula is C19H38O. The SMILES string of the molecule is CC(=O)CCCC(C)(C)CCCC(C)CCCC(C)C. The summed E-state index contributed by atoms with van der Waals surface area (Å²) in [6, 6.07) is 0. The van der Waals surface area contributed by atoms with E-state index >= 15 is 0 Å². The Labute approximate surface area is 127 Å². The highest BCUT2D eigenvalue weighted by Gasteiger charge is 2.17. The summed E-state index contributed by atoms with van der Waals surface area (Å²) in [5.74, 6) is 2.06. The average molecular weight is 283 g/mol. The number of ketones is 1. The van der Waals surface area contributed by atoms with Crippen LogP contribution >= 0.6 is 0 Å². The van der Waals surface area contributed by atoms with Gasteiger partial charge in [-0.15, -0.1) is 0 Å². The Morgan fingerprint density at radius 1 is 0.900 bits per heavy atom. The van der Waals surface area contributed by atoms with Gasteiger partial charge in [-0.3, -0.25) is 0 Å². The summed E-state index contributed by atoms with van der Waals surface area (Å²) in [5, 5.41) is 0. The monoisotopic (exact) mass is 282 g/mol. The maximum absolute atomic E-state index is 11.0. The molecule has 0 rings (SSSR count). The van der Waals surface area contributed by atoms with E-state index in [9.17, 15) is 4.79 Å². The lowest BCUT2D eigenvalue weighted by atomic mass is 9.81. The molecule has 120 valence electrons. The van der Waals surface area contributed by atoms with E-state index in [1.165, 1.54) is 44.9 Å². The Hall–Kier alpha value is -0.330. The molecule has 1 heteroatoms. The number of carbonyl (C=O) groups is 1. The van der Waals surface area contributed by atoms with Crippen LogP contribution < -0.4 is 0 Å². The topological polar surface area (TPSA) is 17.1 Å². The third-order valence-electron chi connectivity index (χ3n) is 4.41. The van der Waals surface area contributed by atoms with Crippen molar-refractivity contribution in [3.05, 3.63) is 0 Å². The Kier molecular flexibility index (Phi) is 10.2. The minimum absolute atomic E-state index is 0.333. The molecule has 0 saturated carbocycles. The molecule has 0 amide bonds. The second-order valence-electron chi connectivity index (χ2n) is 8.04. The molecule has 1 unspecified atom stereocenters. The lowest BCUT2D eigenvalue weighted by molar-refractivity contribution is -0.117. The van der Waals surface area contributed by atoms with Gasteiger partial charge in [-0.25, -0.2) is 0 Å². The standard InChI is InChI=1S/C19H38O/c1-16(2)10-7-11-17(3)12-8-14-19(5,6)15-9-13-18(4)20/h16-17H,7-15H2,1-6H3. The molecule has 0 aliphatic rings. The first kappa shape index (κ1) is 19.7. The highest BCUT2D eigenvalue weighted by molar-refractivity contribution is 5.75. The van der Waals surface area contributed by atoms with E-state index in [4.69, 9.17) is 0 Å². The van der Waals surface area contributed by atoms with E-state index in [1.807, 2.05) is 0 Å². The van der Waals surface area contributed by atoms with Gasteiger partial charge in [-0.05, 0) is 43.4 Å². The maximum Gasteiger partial charge on any atom is 0.129 e. The molecule has 0 heterocycles. The third kappa shape index (κ3) is 12.7. The minimum atomic E-state index is 0.333. The molecule has 0 radical (unpaired) electrons. The largest absolute Gasteiger partial charge is 0.300 e. The number of Topliss-reactive ketones (excluding diaryl/α,β-unsaturated/α-hetero) is 1. The van der Waals surface area contributed by atoms with Crippen molar-refractivity contribution >= 4 is 5.78 Å². The molecule has 20 heavy (non-hydrogen) atoms. The highest BCUT2D eigenvalue weighted by Crippen LogP contribution is 2.31. The van der Waals surface area contributed by atoms with Crippen LogP contribution in [0.1, 0.15) is 99.3 Å². The van der Waals surface area contributed by atoms with Crippen LogP contribution in [0.5, 0.6) is 0 Å². The molecule has 1 atom stereocenters. The van der Waals surface area contributed by atoms with Gasteiger partial charge in [0.15, 0.2) is 0 Å². The summed E-state index contributed by atoms with van der Waals surface area (Å²) >= 11 is 0. The zero-order valence-electron chi connectivity index (χ0n) is 14.9. The van der Waals surface area contributed by atoms with Gasteiger partial charge in [0.2, 0.25) is 0 Å². The molecule has 0 spiro atoms. The maximum atomic E-state index is 11.0. The van der Waals surface area contributed by atoms with Crippen LogP contribution in [0, 0.1) is 17.3 Å². The molecular weight excluding hydrogens is 244 g/mol. The van der Waals surface area contributed by atoms with E-state index < -0.39 is 0 Å². The van der Waals surface area contributed by atoms with Crippen molar-refractivity contribution in [3.63, 3.8) is 0 Å². The van der Waals surface area contributed by atoms with Crippen molar-refractivity contribution in [2.45, 2.75) is 99.3 Å². The molecule has 0 aliphatic heterocycles. The fourth-order valence-electron chi connectivity index (χ4n) is 2.89. The van der Waals surface area contributed by atoms with E-state index in [-0.39, 0.29) is 0 Å². The third-order valence-corrected chi connectivity index (χ3v) is 4.41. The van der Waals surface area contributed by atoms with Gasteiger partial charge < -0.3 is 4.79 Å². The number of rotatable bonds is 12. The fourth-order valence-corrected chi connectivity index (χ4v) is 2.89. The van der Waals surface area contributed by atoms with Gasteiger partial charge in [0.1, 0.15) is 5.78 Å². The van der Waals surface area contributed by atoms with Crippen LogP contribution in [-0.2, 0) is 4.79 Å². The average Bonchev–Trinajstić information content (AvgIpc) is 2.27. The van der Waals surface area contributed by atoms with Gasteiger partial charge in [0.05, 0.1) is 0 Å². The Balaban J connectivity index is 3.66. The van der Waals surface area contributed by atoms with Crippen molar-refractivity contribution in [1.82, 2.24) is 0 Å². The normalized spacial score (nSPS) is 13.8. The summed E-state index contributed by atoms with van der Waals surface area (Å²) in [4.78, 5) is 11.0. The second-order valence-corrected chi connectivity index (χ2v) is 8.04. The molecule has 0 aliphatic carbocycles. The zero-order chi connectivity index (χ0) is 15.6. The summed E-state index contributed by atoms with van der Waals surface area (Å²) < 4.78 is 0. The van der Waals surface area contributed by atoms with Crippen LogP contribution in [-0.4, -0.2) is 5.78 Å².